The van der Waals surface area contributed by atoms with E-state index in [4.69, 9.17) is 0 Å². The highest BCUT2D eigenvalue weighted by Gasteiger charge is 2.43. The lowest BCUT2D eigenvalue weighted by molar-refractivity contribution is -0.138. The zero-order valence-corrected chi connectivity index (χ0v) is 26.4. The van der Waals surface area contributed by atoms with Gasteiger partial charge in [0.25, 0.3) is 5.91 Å². The van der Waals surface area contributed by atoms with Gasteiger partial charge in [0.1, 0.15) is 0 Å². The van der Waals surface area contributed by atoms with Crippen molar-refractivity contribution in [2.45, 2.75) is 63.9 Å². The number of halogens is 3. The topological polar surface area (TPSA) is 82.6 Å². The van der Waals surface area contributed by atoms with Gasteiger partial charge in [0.15, 0.2) is 0 Å². The molecular weight excluding hydrogens is 601 g/mol. The van der Waals surface area contributed by atoms with Gasteiger partial charge in [0.05, 0.1) is 17.4 Å². The SMILES string of the molecule is CC1(C)Cc2ccc(C(=O)N3CCC4(CC3)CCN(c3ccncc3)CC4)cc2C1NS(=O)(=O)Cc1ccccc1C(F)(F)F. The molecule has 2 saturated heterocycles. The number of likely N-dealkylation sites (tertiary alicyclic amines) is 1. The average molecular weight is 641 g/mol. The van der Waals surface area contributed by atoms with Crippen molar-refractivity contribution >= 4 is 21.6 Å². The zero-order chi connectivity index (χ0) is 32.0. The van der Waals surface area contributed by atoms with Gasteiger partial charge in [-0.15, -0.1) is 0 Å². The van der Waals surface area contributed by atoms with Crippen LogP contribution in [-0.4, -0.2) is 50.4 Å². The van der Waals surface area contributed by atoms with Gasteiger partial charge in [-0.2, -0.15) is 13.2 Å². The number of carbonyl (C=O) groups is 1. The van der Waals surface area contributed by atoms with Crippen molar-refractivity contribution in [3.05, 3.63) is 94.8 Å². The molecule has 1 atom stereocenters. The number of benzene rings is 2. The number of carbonyl (C=O) groups excluding carboxylic acids is 1. The maximum absolute atomic E-state index is 13.7. The Kier molecular flexibility index (Phi) is 8.22. The van der Waals surface area contributed by atoms with Crippen molar-refractivity contribution in [1.29, 1.82) is 0 Å². The summed E-state index contributed by atoms with van der Waals surface area (Å²) in [5, 5.41) is 0. The number of aromatic nitrogens is 1. The fourth-order valence-electron chi connectivity index (χ4n) is 7.40. The molecule has 7 nitrogen and oxygen atoms in total. The Bertz CT molecular complexity index is 1660. The summed E-state index contributed by atoms with van der Waals surface area (Å²) in [6.45, 7) is 7.16. The molecule has 0 saturated carbocycles. The summed E-state index contributed by atoms with van der Waals surface area (Å²) in [5.74, 6) is -0.869. The highest BCUT2D eigenvalue weighted by atomic mass is 32.2. The van der Waals surface area contributed by atoms with E-state index < -0.39 is 39.0 Å². The number of alkyl halides is 3. The third-order valence-electron chi connectivity index (χ3n) is 10.1. The molecule has 0 radical (unpaired) electrons. The predicted octanol–water partition coefficient (Wildman–Crippen LogP) is 6.37. The van der Waals surface area contributed by atoms with Gasteiger partial charge < -0.3 is 9.80 Å². The summed E-state index contributed by atoms with van der Waals surface area (Å²) in [6, 6.07) is 13.6. The molecule has 2 fully saturated rings. The first-order valence-electron chi connectivity index (χ1n) is 15.5. The number of rotatable bonds is 6. The van der Waals surface area contributed by atoms with Crippen LogP contribution in [-0.2, 0) is 28.4 Å². The van der Waals surface area contributed by atoms with Crippen LogP contribution in [0.25, 0.3) is 0 Å². The molecule has 3 aromatic rings. The molecular formula is C34H39F3N4O3S. The smallest absolute Gasteiger partial charge is 0.371 e. The van der Waals surface area contributed by atoms with E-state index in [1.54, 1.807) is 6.07 Å². The number of sulfonamides is 1. The monoisotopic (exact) mass is 640 g/mol. The van der Waals surface area contributed by atoms with Crippen LogP contribution >= 0.6 is 0 Å². The Labute approximate surface area is 262 Å². The summed E-state index contributed by atoms with van der Waals surface area (Å²) in [6.07, 6.45) is 3.61. The number of fused-ring (bicyclic) bond motifs is 1. The Morgan fingerprint density at radius 3 is 2.27 bits per heavy atom. The number of piperidine rings is 2. The van der Waals surface area contributed by atoms with Crippen molar-refractivity contribution in [3.63, 3.8) is 0 Å². The first kappa shape index (κ1) is 31.5. The van der Waals surface area contributed by atoms with E-state index >= 15 is 0 Å². The Morgan fingerprint density at radius 1 is 0.956 bits per heavy atom. The van der Waals surface area contributed by atoms with Crippen LogP contribution in [0.5, 0.6) is 0 Å². The quantitative estimate of drug-likeness (QED) is 0.339. The number of pyridine rings is 1. The van der Waals surface area contributed by atoms with E-state index in [-0.39, 0.29) is 16.9 Å². The summed E-state index contributed by atoms with van der Waals surface area (Å²) in [4.78, 5) is 22.1. The molecule has 11 heteroatoms. The highest BCUT2D eigenvalue weighted by Crippen LogP contribution is 2.47. The van der Waals surface area contributed by atoms with Gasteiger partial charge >= 0.3 is 6.18 Å². The summed E-state index contributed by atoms with van der Waals surface area (Å²) in [5.41, 5.74) is 1.76. The van der Waals surface area contributed by atoms with Gasteiger partial charge in [0.2, 0.25) is 10.0 Å². The van der Waals surface area contributed by atoms with Crippen molar-refractivity contribution in [2.24, 2.45) is 10.8 Å². The molecule has 1 spiro atoms. The second kappa shape index (κ2) is 11.7. The number of nitrogens with zero attached hydrogens (tertiary/aromatic N) is 3. The number of anilines is 1. The Hall–Kier alpha value is -3.44. The second-order valence-electron chi connectivity index (χ2n) is 13.5. The Morgan fingerprint density at radius 2 is 1.60 bits per heavy atom. The van der Waals surface area contributed by atoms with E-state index in [0.29, 0.717) is 30.6 Å². The lowest BCUT2D eigenvalue weighted by atomic mass is 9.71. The third-order valence-corrected chi connectivity index (χ3v) is 11.3. The minimum absolute atomic E-state index is 0.0766. The molecule has 1 aliphatic carbocycles. The molecule has 1 N–H and O–H groups in total. The molecule has 3 heterocycles. The van der Waals surface area contributed by atoms with Crippen molar-refractivity contribution in [1.82, 2.24) is 14.6 Å². The van der Waals surface area contributed by atoms with Crippen LogP contribution in [0.4, 0.5) is 18.9 Å². The standard InChI is InChI=1S/C34H39F3N4O3S/c1-32(2)22-25-8-7-24(21-28(25)30(32)39-45(43,44)23-26-5-3-4-6-29(26)34(35,36)37)31(42)41-19-13-33(14-20-41)11-17-40(18-12-33)27-9-15-38-16-10-27/h3-10,15-16,21,30,39H,11-14,17-20,22-23H2,1-2H3. The van der Waals surface area contributed by atoms with Crippen LogP contribution in [0.3, 0.4) is 0 Å². The van der Waals surface area contributed by atoms with E-state index in [1.165, 1.54) is 23.9 Å². The van der Waals surface area contributed by atoms with Crippen molar-refractivity contribution in [3.8, 4) is 0 Å². The lowest BCUT2D eigenvalue weighted by Crippen LogP contribution is -2.48. The third kappa shape index (κ3) is 6.60. The Balaban J connectivity index is 1.13. The van der Waals surface area contributed by atoms with E-state index in [9.17, 15) is 26.4 Å². The first-order valence-corrected chi connectivity index (χ1v) is 17.1. The summed E-state index contributed by atoms with van der Waals surface area (Å²) < 4.78 is 69.9. The maximum Gasteiger partial charge on any atom is 0.416 e. The zero-order valence-electron chi connectivity index (χ0n) is 25.6. The maximum atomic E-state index is 13.7. The van der Waals surface area contributed by atoms with E-state index in [0.717, 1.165) is 50.4 Å². The molecule has 2 aromatic carbocycles. The molecule has 0 bridgehead atoms. The number of nitrogens with one attached hydrogen (secondary N) is 1. The number of hydrogen-bond acceptors (Lipinski definition) is 5. The van der Waals surface area contributed by atoms with Gasteiger partial charge in [-0.25, -0.2) is 13.1 Å². The molecule has 3 aliphatic rings. The minimum atomic E-state index is -4.66. The van der Waals surface area contributed by atoms with Crippen LogP contribution in [0.1, 0.15) is 78.2 Å². The second-order valence-corrected chi connectivity index (χ2v) is 15.3. The molecule has 1 amide bonds. The van der Waals surface area contributed by atoms with Gasteiger partial charge in [-0.3, -0.25) is 9.78 Å². The predicted molar refractivity (Wildman–Crippen MR) is 167 cm³/mol. The fourth-order valence-corrected chi connectivity index (χ4v) is 8.95. The van der Waals surface area contributed by atoms with Gasteiger partial charge in [0, 0.05) is 49.8 Å². The van der Waals surface area contributed by atoms with Crippen LogP contribution in [0.15, 0.2) is 67.0 Å². The molecule has 2 aliphatic heterocycles. The molecule has 1 unspecified atom stereocenters. The largest absolute Gasteiger partial charge is 0.416 e. The van der Waals surface area contributed by atoms with Gasteiger partial charge in [-0.1, -0.05) is 38.1 Å². The number of amides is 1. The van der Waals surface area contributed by atoms with Crippen LogP contribution in [0, 0.1) is 10.8 Å². The molecule has 6 rings (SSSR count). The summed E-state index contributed by atoms with van der Waals surface area (Å²) >= 11 is 0. The molecule has 240 valence electrons. The number of hydrogen-bond donors (Lipinski definition) is 1. The summed E-state index contributed by atoms with van der Waals surface area (Å²) in [7, 11) is -4.16. The first-order chi connectivity index (χ1) is 21.3. The minimum Gasteiger partial charge on any atom is -0.371 e. The van der Waals surface area contributed by atoms with Crippen LogP contribution < -0.4 is 9.62 Å². The van der Waals surface area contributed by atoms with E-state index in [2.05, 4.69) is 14.6 Å². The fraction of sp³-hybridized carbons (Fsp3) is 0.471. The van der Waals surface area contributed by atoms with Crippen molar-refractivity contribution < 1.29 is 26.4 Å². The normalized spacial score (nSPS) is 21.1. The molecule has 1 aromatic heterocycles. The lowest BCUT2D eigenvalue weighted by Gasteiger charge is -2.47. The van der Waals surface area contributed by atoms with E-state index in [1.807, 2.05) is 55.4 Å². The average Bonchev–Trinajstić information content (AvgIpc) is 3.25. The van der Waals surface area contributed by atoms with Crippen molar-refractivity contribution in [2.75, 3.05) is 31.1 Å². The van der Waals surface area contributed by atoms with Crippen LogP contribution in [0.2, 0.25) is 0 Å². The highest BCUT2D eigenvalue weighted by molar-refractivity contribution is 7.88. The molecule has 45 heavy (non-hydrogen) atoms. The van der Waals surface area contributed by atoms with Gasteiger partial charge in [-0.05, 0) is 90.0 Å².